The molecule has 1 atom stereocenters. The summed E-state index contributed by atoms with van der Waals surface area (Å²) in [5, 5.41) is 0. The first-order valence-corrected chi connectivity index (χ1v) is 6.85. The summed E-state index contributed by atoms with van der Waals surface area (Å²) in [5.74, 6) is 0.265. The first-order valence-electron chi connectivity index (χ1n) is 6.85. The molecule has 1 amide bonds. The van der Waals surface area contributed by atoms with Gasteiger partial charge in [-0.05, 0) is 44.6 Å². The van der Waals surface area contributed by atoms with Gasteiger partial charge in [0.2, 0.25) is 5.91 Å². The first-order chi connectivity index (χ1) is 9.06. The lowest BCUT2D eigenvalue weighted by atomic mass is 10.1. The molecule has 0 saturated carbocycles. The van der Waals surface area contributed by atoms with Crippen LogP contribution < -0.4 is 5.73 Å². The maximum absolute atomic E-state index is 12.1. The summed E-state index contributed by atoms with van der Waals surface area (Å²) in [5.41, 5.74) is 7.59. The minimum atomic E-state index is 0.265. The van der Waals surface area contributed by atoms with E-state index in [0.29, 0.717) is 12.5 Å². The Labute approximate surface area is 115 Å². The van der Waals surface area contributed by atoms with Crippen LogP contribution in [0.4, 0.5) is 5.69 Å². The average Bonchev–Trinajstić information content (AvgIpc) is 2.87. The fourth-order valence-corrected chi connectivity index (χ4v) is 2.48. The van der Waals surface area contributed by atoms with Crippen molar-refractivity contribution in [2.24, 2.45) is 0 Å². The lowest BCUT2D eigenvalue weighted by Crippen LogP contribution is -2.34. The van der Waals surface area contributed by atoms with Crippen molar-refractivity contribution in [2.75, 3.05) is 32.9 Å². The highest BCUT2D eigenvalue weighted by Crippen LogP contribution is 2.15. The number of rotatable bonds is 4. The van der Waals surface area contributed by atoms with E-state index >= 15 is 0 Å². The van der Waals surface area contributed by atoms with Crippen molar-refractivity contribution in [1.29, 1.82) is 0 Å². The number of amides is 1. The zero-order chi connectivity index (χ0) is 13.8. The molecule has 0 bridgehead atoms. The zero-order valence-electron chi connectivity index (χ0n) is 11.8. The predicted molar refractivity (Wildman–Crippen MR) is 77.8 cm³/mol. The molecule has 0 aliphatic carbocycles. The zero-order valence-corrected chi connectivity index (χ0v) is 11.8. The van der Waals surface area contributed by atoms with Crippen LogP contribution in [0.15, 0.2) is 24.3 Å². The van der Waals surface area contributed by atoms with Gasteiger partial charge in [0.05, 0.1) is 0 Å². The number of nitrogens with two attached hydrogens (primary N) is 1. The SMILES string of the molecule is CN(C)C1CCN(C(=O)CCc2ccc(N)cc2)C1. The fourth-order valence-electron chi connectivity index (χ4n) is 2.48. The molecule has 1 aromatic carbocycles. The van der Waals surface area contributed by atoms with Crippen molar-refractivity contribution in [3.63, 3.8) is 0 Å². The standard InChI is InChI=1S/C15H23N3O/c1-17(2)14-9-10-18(11-14)15(19)8-5-12-3-6-13(16)7-4-12/h3-4,6-7,14H,5,8-11,16H2,1-2H3. The van der Waals surface area contributed by atoms with E-state index in [9.17, 15) is 4.79 Å². The molecule has 0 spiro atoms. The van der Waals surface area contributed by atoms with Crippen molar-refractivity contribution in [1.82, 2.24) is 9.80 Å². The number of nitrogen functional groups attached to an aromatic ring is 1. The third-order valence-electron chi connectivity index (χ3n) is 3.85. The molecule has 1 unspecified atom stereocenters. The summed E-state index contributed by atoms with van der Waals surface area (Å²) in [4.78, 5) is 16.3. The number of likely N-dealkylation sites (N-methyl/N-ethyl adjacent to an activating group) is 1. The monoisotopic (exact) mass is 261 g/mol. The van der Waals surface area contributed by atoms with Crippen molar-refractivity contribution >= 4 is 11.6 Å². The highest BCUT2D eigenvalue weighted by Gasteiger charge is 2.26. The van der Waals surface area contributed by atoms with Crippen LogP contribution in [0.25, 0.3) is 0 Å². The highest BCUT2D eigenvalue weighted by molar-refractivity contribution is 5.76. The maximum atomic E-state index is 12.1. The van der Waals surface area contributed by atoms with E-state index in [-0.39, 0.29) is 5.91 Å². The van der Waals surface area contributed by atoms with Gasteiger partial charge in [0, 0.05) is 31.2 Å². The summed E-state index contributed by atoms with van der Waals surface area (Å²) in [6.07, 6.45) is 2.47. The summed E-state index contributed by atoms with van der Waals surface area (Å²) >= 11 is 0. The number of anilines is 1. The van der Waals surface area contributed by atoms with Gasteiger partial charge in [-0.2, -0.15) is 0 Å². The molecular formula is C15H23N3O. The third kappa shape index (κ3) is 3.70. The number of likely N-dealkylation sites (tertiary alicyclic amines) is 1. The van der Waals surface area contributed by atoms with Crippen LogP contribution in [-0.4, -0.2) is 48.9 Å². The molecule has 1 aliphatic rings. The van der Waals surface area contributed by atoms with E-state index in [0.717, 1.165) is 31.6 Å². The molecule has 19 heavy (non-hydrogen) atoms. The van der Waals surface area contributed by atoms with Gasteiger partial charge in [-0.15, -0.1) is 0 Å². The molecule has 104 valence electrons. The molecular weight excluding hydrogens is 238 g/mol. The summed E-state index contributed by atoms with van der Waals surface area (Å²) in [6.45, 7) is 1.76. The molecule has 1 heterocycles. The van der Waals surface area contributed by atoms with Gasteiger partial charge in [0.1, 0.15) is 0 Å². The van der Waals surface area contributed by atoms with E-state index < -0.39 is 0 Å². The predicted octanol–water partition coefficient (Wildman–Crippen LogP) is 1.36. The van der Waals surface area contributed by atoms with E-state index in [4.69, 9.17) is 5.73 Å². The molecule has 1 aliphatic heterocycles. The van der Waals surface area contributed by atoms with Crippen molar-refractivity contribution < 1.29 is 4.79 Å². The number of aryl methyl sites for hydroxylation is 1. The Bertz CT molecular complexity index is 428. The lowest BCUT2D eigenvalue weighted by molar-refractivity contribution is -0.130. The Morgan fingerprint density at radius 2 is 2.05 bits per heavy atom. The maximum Gasteiger partial charge on any atom is 0.222 e. The van der Waals surface area contributed by atoms with Crippen LogP contribution in [0, 0.1) is 0 Å². The second-order valence-corrected chi connectivity index (χ2v) is 5.49. The molecule has 1 saturated heterocycles. The van der Waals surface area contributed by atoms with Crippen LogP contribution in [0.5, 0.6) is 0 Å². The Hall–Kier alpha value is -1.55. The van der Waals surface area contributed by atoms with Gasteiger partial charge in [0.25, 0.3) is 0 Å². The summed E-state index contributed by atoms with van der Waals surface area (Å²) in [6, 6.07) is 8.28. The molecule has 0 aromatic heterocycles. The Morgan fingerprint density at radius 3 is 2.63 bits per heavy atom. The average molecular weight is 261 g/mol. The van der Waals surface area contributed by atoms with Crippen LogP contribution in [0.2, 0.25) is 0 Å². The first kappa shape index (κ1) is 13.9. The van der Waals surface area contributed by atoms with E-state index in [1.807, 2.05) is 29.2 Å². The molecule has 1 fully saturated rings. The third-order valence-corrected chi connectivity index (χ3v) is 3.85. The topological polar surface area (TPSA) is 49.6 Å². The second kappa shape index (κ2) is 6.06. The highest BCUT2D eigenvalue weighted by atomic mass is 16.2. The normalized spacial score (nSPS) is 19.1. The number of hydrogen-bond donors (Lipinski definition) is 1. The number of nitrogens with zero attached hydrogens (tertiary/aromatic N) is 2. The van der Waals surface area contributed by atoms with Gasteiger partial charge in [-0.1, -0.05) is 12.1 Å². The van der Waals surface area contributed by atoms with Gasteiger partial charge in [0.15, 0.2) is 0 Å². The van der Waals surface area contributed by atoms with Gasteiger partial charge in [-0.3, -0.25) is 4.79 Å². The second-order valence-electron chi connectivity index (χ2n) is 5.49. The largest absolute Gasteiger partial charge is 0.399 e. The minimum Gasteiger partial charge on any atom is -0.399 e. The lowest BCUT2D eigenvalue weighted by Gasteiger charge is -2.20. The number of carbonyl (C=O) groups excluding carboxylic acids is 1. The molecule has 4 nitrogen and oxygen atoms in total. The summed E-state index contributed by atoms with van der Waals surface area (Å²) in [7, 11) is 4.15. The van der Waals surface area contributed by atoms with Crippen molar-refractivity contribution in [2.45, 2.75) is 25.3 Å². The Morgan fingerprint density at radius 1 is 1.37 bits per heavy atom. The van der Waals surface area contributed by atoms with Gasteiger partial charge < -0.3 is 15.5 Å². The van der Waals surface area contributed by atoms with Crippen molar-refractivity contribution in [3.05, 3.63) is 29.8 Å². The van der Waals surface area contributed by atoms with E-state index in [1.54, 1.807) is 0 Å². The van der Waals surface area contributed by atoms with E-state index in [1.165, 1.54) is 5.56 Å². The Balaban J connectivity index is 1.80. The van der Waals surface area contributed by atoms with Crippen LogP contribution >= 0.6 is 0 Å². The van der Waals surface area contributed by atoms with Gasteiger partial charge >= 0.3 is 0 Å². The number of carbonyl (C=O) groups is 1. The number of benzene rings is 1. The van der Waals surface area contributed by atoms with Crippen LogP contribution in [-0.2, 0) is 11.2 Å². The minimum absolute atomic E-state index is 0.265. The molecule has 2 rings (SSSR count). The van der Waals surface area contributed by atoms with Crippen LogP contribution in [0.1, 0.15) is 18.4 Å². The quantitative estimate of drug-likeness (QED) is 0.833. The van der Waals surface area contributed by atoms with E-state index in [2.05, 4.69) is 19.0 Å². The molecule has 1 aromatic rings. The Kier molecular flexibility index (Phi) is 4.43. The molecule has 0 radical (unpaired) electrons. The molecule has 2 N–H and O–H groups in total. The van der Waals surface area contributed by atoms with Crippen LogP contribution in [0.3, 0.4) is 0 Å². The fraction of sp³-hybridized carbons (Fsp3) is 0.533. The summed E-state index contributed by atoms with van der Waals surface area (Å²) < 4.78 is 0. The van der Waals surface area contributed by atoms with Gasteiger partial charge in [-0.25, -0.2) is 0 Å². The smallest absolute Gasteiger partial charge is 0.222 e. The molecule has 4 heteroatoms. The number of hydrogen-bond acceptors (Lipinski definition) is 3. The van der Waals surface area contributed by atoms with Crippen molar-refractivity contribution in [3.8, 4) is 0 Å².